The number of hydrogen-bond acceptors (Lipinski definition) is 5. The fourth-order valence-electron chi connectivity index (χ4n) is 2.65. The van der Waals surface area contributed by atoms with E-state index in [4.69, 9.17) is 9.15 Å². The molecule has 0 atom stereocenters. The molecule has 7 heteroatoms. The Kier molecular flexibility index (Phi) is 4.83. The second-order valence-corrected chi connectivity index (χ2v) is 5.39. The van der Waals surface area contributed by atoms with Gasteiger partial charge >= 0.3 is 5.63 Å². The van der Waals surface area contributed by atoms with Crippen molar-refractivity contribution in [1.29, 1.82) is 0 Å². The lowest BCUT2D eigenvalue weighted by molar-refractivity contribution is 0.0951. The zero-order valence-electron chi connectivity index (χ0n) is 14.1. The quantitative estimate of drug-likeness (QED) is 0.696. The second-order valence-electron chi connectivity index (χ2n) is 5.39. The van der Waals surface area contributed by atoms with Gasteiger partial charge in [-0.2, -0.15) is 5.10 Å². The number of amides is 1. The van der Waals surface area contributed by atoms with Crippen LogP contribution in [0.2, 0.25) is 0 Å². The van der Waals surface area contributed by atoms with Crippen molar-refractivity contribution in [3.8, 4) is 5.75 Å². The molecule has 0 aliphatic heterocycles. The molecule has 1 amide bonds. The minimum absolute atomic E-state index is 0.275. The number of nitrogens with one attached hydrogen (secondary N) is 1. The molecule has 3 rings (SSSR count). The average Bonchev–Trinajstić information content (AvgIpc) is 3.06. The number of hydrogen-bond donors (Lipinski definition) is 1. The van der Waals surface area contributed by atoms with Crippen molar-refractivity contribution in [1.82, 2.24) is 15.1 Å². The molecule has 2 aromatic heterocycles. The van der Waals surface area contributed by atoms with E-state index in [1.807, 2.05) is 19.9 Å². The summed E-state index contributed by atoms with van der Waals surface area (Å²) in [5, 5.41) is 7.55. The largest absolute Gasteiger partial charge is 0.494 e. The molecule has 1 N–H and O–H groups in total. The van der Waals surface area contributed by atoms with E-state index in [0.29, 0.717) is 29.9 Å². The molecule has 0 unspecified atom stereocenters. The van der Waals surface area contributed by atoms with Crippen molar-refractivity contribution < 1.29 is 13.9 Å². The summed E-state index contributed by atoms with van der Waals surface area (Å²) < 4.78 is 12.4. The number of aryl methyl sites for hydroxylation is 1. The summed E-state index contributed by atoms with van der Waals surface area (Å²) in [4.78, 5) is 24.4. The fourth-order valence-corrected chi connectivity index (χ4v) is 2.65. The third-order valence-electron chi connectivity index (χ3n) is 3.81. The van der Waals surface area contributed by atoms with Gasteiger partial charge in [0.15, 0.2) is 0 Å². The number of aromatic nitrogens is 2. The third kappa shape index (κ3) is 3.55. The van der Waals surface area contributed by atoms with E-state index in [1.165, 1.54) is 6.07 Å². The van der Waals surface area contributed by atoms with E-state index in [0.717, 1.165) is 12.2 Å². The minimum Gasteiger partial charge on any atom is -0.494 e. The van der Waals surface area contributed by atoms with Crippen LogP contribution in [0.5, 0.6) is 5.75 Å². The summed E-state index contributed by atoms with van der Waals surface area (Å²) in [5.41, 5.74) is 0.908. The Bertz CT molecular complexity index is 958. The zero-order chi connectivity index (χ0) is 17.8. The molecule has 0 bridgehead atoms. The Morgan fingerprint density at radius 1 is 1.28 bits per heavy atom. The van der Waals surface area contributed by atoms with Crippen molar-refractivity contribution in [2.75, 3.05) is 6.61 Å². The monoisotopic (exact) mass is 341 g/mol. The maximum absolute atomic E-state index is 12.6. The van der Waals surface area contributed by atoms with Crippen molar-refractivity contribution in [2.45, 2.75) is 26.9 Å². The first-order valence-electron chi connectivity index (χ1n) is 8.12. The smallest absolute Gasteiger partial charge is 0.337 e. The van der Waals surface area contributed by atoms with Crippen molar-refractivity contribution in [3.05, 3.63) is 58.2 Å². The molecule has 2 heterocycles. The van der Waals surface area contributed by atoms with E-state index >= 15 is 0 Å². The first-order valence-corrected chi connectivity index (χ1v) is 8.12. The maximum Gasteiger partial charge on any atom is 0.337 e. The van der Waals surface area contributed by atoms with Gasteiger partial charge in [-0.05, 0) is 32.0 Å². The molecule has 1 aromatic carbocycles. The molecule has 0 radical (unpaired) electrons. The van der Waals surface area contributed by atoms with Crippen LogP contribution < -0.4 is 15.7 Å². The molecule has 0 saturated carbocycles. The number of rotatable bonds is 6. The van der Waals surface area contributed by atoms with Gasteiger partial charge in [0.1, 0.15) is 11.3 Å². The highest BCUT2D eigenvalue weighted by atomic mass is 16.5. The molecule has 0 aliphatic rings. The lowest BCUT2D eigenvalue weighted by atomic mass is 10.1. The van der Waals surface area contributed by atoms with Crippen LogP contribution in [0, 0.1) is 0 Å². The summed E-state index contributed by atoms with van der Waals surface area (Å²) in [5.74, 6) is 0.244. The number of fused-ring (bicyclic) bond motifs is 1. The minimum atomic E-state index is -0.579. The summed E-state index contributed by atoms with van der Waals surface area (Å²) in [7, 11) is 0. The van der Waals surface area contributed by atoms with Crippen molar-refractivity contribution >= 4 is 16.9 Å². The van der Waals surface area contributed by atoms with Crippen molar-refractivity contribution in [3.63, 3.8) is 0 Å². The van der Waals surface area contributed by atoms with E-state index in [-0.39, 0.29) is 11.5 Å². The highest BCUT2D eigenvalue weighted by Crippen LogP contribution is 2.22. The summed E-state index contributed by atoms with van der Waals surface area (Å²) in [6.45, 7) is 5.39. The van der Waals surface area contributed by atoms with E-state index < -0.39 is 5.63 Å². The van der Waals surface area contributed by atoms with Gasteiger partial charge in [-0.3, -0.25) is 9.48 Å². The predicted octanol–water partition coefficient (Wildman–Crippen LogP) is 2.34. The van der Waals surface area contributed by atoms with Gasteiger partial charge in [-0.25, -0.2) is 4.79 Å². The predicted molar refractivity (Wildman–Crippen MR) is 92.7 cm³/mol. The highest BCUT2D eigenvalue weighted by Gasteiger charge is 2.14. The Labute approximate surface area is 144 Å². The lowest BCUT2D eigenvalue weighted by Gasteiger charge is -2.09. The van der Waals surface area contributed by atoms with Gasteiger partial charge in [-0.15, -0.1) is 0 Å². The summed E-state index contributed by atoms with van der Waals surface area (Å²) in [6.07, 6.45) is 1.69. The number of carbonyl (C=O) groups excluding carboxylic acids is 1. The first-order chi connectivity index (χ1) is 12.1. The van der Waals surface area contributed by atoms with Gasteiger partial charge in [0.05, 0.1) is 24.4 Å². The van der Waals surface area contributed by atoms with E-state index in [1.54, 1.807) is 29.1 Å². The van der Waals surface area contributed by atoms with E-state index in [9.17, 15) is 9.59 Å². The fraction of sp³-hybridized carbons (Fsp3) is 0.278. The molecular formula is C18H19N3O4. The normalized spacial score (nSPS) is 10.8. The van der Waals surface area contributed by atoms with Crippen LogP contribution in [-0.2, 0) is 13.1 Å². The number of nitrogens with zero attached hydrogens (tertiary/aromatic N) is 2. The molecule has 0 fully saturated rings. The molecule has 3 aromatic rings. The summed E-state index contributed by atoms with van der Waals surface area (Å²) in [6, 6.07) is 8.12. The van der Waals surface area contributed by atoms with Crippen LogP contribution in [0.25, 0.3) is 11.0 Å². The number of benzene rings is 1. The van der Waals surface area contributed by atoms with Gasteiger partial charge in [0, 0.05) is 30.3 Å². The number of ether oxygens (including phenoxy) is 1. The highest BCUT2D eigenvalue weighted by molar-refractivity contribution is 6.05. The van der Waals surface area contributed by atoms with Gasteiger partial charge in [0.2, 0.25) is 0 Å². The van der Waals surface area contributed by atoms with Crippen molar-refractivity contribution in [2.24, 2.45) is 0 Å². The molecule has 130 valence electrons. The van der Waals surface area contributed by atoms with Crippen LogP contribution in [-0.4, -0.2) is 22.3 Å². The van der Waals surface area contributed by atoms with Crippen LogP contribution in [0.3, 0.4) is 0 Å². The second kappa shape index (κ2) is 7.21. The first kappa shape index (κ1) is 16.8. The topological polar surface area (TPSA) is 86.4 Å². The van der Waals surface area contributed by atoms with Crippen LogP contribution in [0.1, 0.15) is 29.9 Å². The molecule has 25 heavy (non-hydrogen) atoms. The van der Waals surface area contributed by atoms with Crippen LogP contribution >= 0.6 is 0 Å². The summed E-state index contributed by atoms with van der Waals surface area (Å²) >= 11 is 0. The zero-order valence-corrected chi connectivity index (χ0v) is 14.1. The molecular weight excluding hydrogens is 322 g/mol. The average molecular weight is 341 g/mol. The maximum atomic E-state index is 12.6. The van der Waals surface area contributed by atoms with Gasteiger partial charge < -0.3 is 14.5 Å². The molecule has 0 spiro atoms. The SMILES string of the molecule is CCOc1ccc2c(C(=O)NCc3ccnn3CC)cc(=O)oc2c1. The van der Waals surface area contributed by atoms with E-state index in [2.05, 4.69) is 10.4 Å². The third-order valence-corrected chi connectivity index (χ3v) is 3.81. The van der Waals surface area contributed by atoms with Crippen LogP contribution in [0.15, 0.2) is 45.7 Å². The Hall–Kier alpha value is -3.09. The molecule has 0 aliphatic carbocycles. The Balaban J connectivity index is 1.89. The van der Waals surface area contributed by atoms with Crippen LogP contribution in [0.4, 0.5) is 0 Å². The van der Waals surface area contributed by atoms with Gasteiger partial charge in [-0.1, -0.05) is 0 Å². The lowest BCUT2D eigenvalue weighted by Crippen LogP contribution is -2.25. The molecule has 7 nitrogen and oxygen atoms in total. The number of carbonyl (C=O) groups is 1. The standard InChI is InChI=1S/C18H19N3O4/c1-3-21-12(7-8-20-21)11-19-18(23)15-10-17(22)25-16-9-13(24-4-2)5-6-14(15)16/h5-10H,3-4,11H2,1-2H3,(H,19,23). The Morgan fingerprint density at radius 3 is 2.88 bits per heavy atom. The van der Waals surface area contributed by atoms with Gasteiger partial charge in [0.25, 0.3) is 5.91 Å². The molecule has 0 saturated heterocycles. The Morgan fingerprint density at radius 2 is 2.12 bits per heavy atom.